The van der Waals surface area contributed by atoms with E-state index >= 15 is 0 Å². The van der Waals surface area contributed by atoms with Crippen LogP contribution in [0, 0.1) is 5.82 Å². The van der Waals surface area contributed by atoms with E-state index in [9.17, 15) is 18.8 Å². The summed E-state index contributed by atoms with van der Waals surface area (Å²) in [5, 5.41) is 2.58. The van der Waals surface area contributed by atoms with Gasteiger partial charge in [-0.05, 0) is 50.3 Å². The van der Waals surface area contributed by atoms with Crippen LogP contribution in [0.15, 0.2) is 54.6 Å². The Kier molecular flexibility index (Phi) is 6.38. The van der Waals surface area contributed by atoms with Crippen LogP contribution in [0.2, 0.25) is 0 Å². The summed E-state index contributed by atoms with van der Waals surface area (Å²) in [7, 11) is 0. The van der Waals surface area contributed by atoms with Crippen molar-refractivity contribution in [2.24, 2.45) is 0 Å². The Morgan fingerprint density at radius 1 is 1.08 bits per heavy atom. The molecule has 0 radical (unpaired) electrons. The van der Waals surface area contributed by atoms with E-state index < -0.39 is 23.8 Å². The van der Waals surface area contributed by atoms with E-state index in [0.29, 0.717) is 11.3 Å². The van der Waals surface area contributed by atoms with E-state index in [-0.39, 0.29) is 11.3 Å². The highest BCUT2D eigenvalue weighted by molar-refractivity contribution is 5.98. The molecule has 0 bridgehead atoms. The van der Waals surface area contributed by atoms with Gasteiger partial charge in [0.1, 0.15) is 5.82 Å². The molecule has 0 aliphatic carbocycles. The summed E-state index contributed by atoms with van der Waals surface area (Å²) in [6, 6.07) is 12.3. The molecule has 1 unspecified atom stereocenters. The molecule has 0 saturated heterocycles. The summed E-state index contributed by atoms with van der Waals surface area (Å²) in [5.74, 6) is -1.82. The van der Waals surface area contributed by atoms with Crippen molar-refractivity contribution < 1.29 is 23.5 Å². The van der Waals surface area contributed by atoms with Crippen LogP contribution in [0.5, 0.6) is 0 Å². The van der Waals surface area contributed by atoms with Crippen LogP contribution >= 0.6 is 0 Å². The number of halogens is 1. The zero-order valence-corrected chi connectivity index (χ0v) is 14.4. The van der Waals surface area contributed by atoms with Crippen molar-refractivity contribution in [2.75, 3.05) is 5.32 Å². The molecule has 0 aliphatic rings. The third-order valence-corrected chi connectivity index (χ3v) is 3.53. The summed E-state index contributed by atoms with van der Waals surface area (Å²) >= 11 is 0. The van der Waals surface area contributed by atoms with Gasteiger partial charge in [-0.1, -0.05) is 18.2 Å². The molecule has 26 heavy (non-hydrogen) atoms. The van der Waals surface area contributed by atoms with Crippen LogP contribution < -0.4 is 5.32 Å². The van der Waals surface area contributed by atoms with Gasteiger partial charge in [-0.3, -0.25) is 9.59 Å². The van der Waals surface area contributed by atoms with Gasteiger partial charge in [0.05, 0.1) is 0 Å². The minimum atomic E-state index is -1.04. The summed E-state index contributed by atoms with van der Waals surface area (Å²) in [6.45, 7) is 2.87. The number of hydrogen-bond donors (Lipinski definition) is 1. The molecule has 0 fully saturated rings. The Hall–Kier alpha value is -3.28. The smallest absolute Gasteiger partial charge is 0.331 e. The monoisotopic (exact) mass is 355 g/mol. The number of nitrogens with one attached hydrogen (secondary N) is 1. The van der Waals surface area contributed by atoms with Crippen molar-refractivity contribution in [1.29, 1.82) is 0 Å². The van der Waals surface area contributed by atoms with Crippen molar-refractivity contribution >= 4 is 29.4 Å². The molecule has 6 heteroatoms. The Morgan fingerprint density at radius 3 is 2.35 bits per heavy atom. The predicted octanol–water partition coefficient (Wildman–Crippen LogP) is 3.61. The number of hydrogen-bond acceptors (Lipinski definition) is 4. The summed E-state index contributed by atoms with van der Waals surface area (Å²) in [6.07, 6.45) is 1.30. The second kappa shape index (κ2) is 8.71. The minimum absolute atomic E-state index is 0.0770. The van der Waals surface area contributed by atoms with Gasteiger partial charge in [0.2, 0.25) is 0 Å². The lowest BCUT2D eigenvalue weighted by molar-refractivity contribution is -0.148. The molecule has 0 aliphatic heterocycles. The van der Waals surface area contributed by atoms with E-state index in [1.54, 1.807) is 36.4 Å². The summed E-state index contributed by atoms with van der Waals surface area (Å²) < 4.78 is 18.5. The van der Waals surface area contributed by atoms with Crippen molar-refractivity contribution in [3.63, 3.8) is 0 Å². The Balaban J connectivity index is 1.90. The van der Waals surface area contributed by atoms with Crippen LogP contribution in [0.4, 0.5) is 10.1 Å². The highest BCUT2D eigenvalue weighted by Crippen LogP contribution is 2.12. The molecular weight excluding hydrogens is 337 g/mol. The number of benzene rings is 2. The van der Waals surface area contributed by atoms with Gasteiger partial charge in [0, 0.05) is 22.9 Å². The maximum Gasteiger partial charge on any atom is 0.331 e. The molecule has 0 spiro atoms. The third kappa shape index (κ3) is 5.37. The average molecular weight is 355 g/mol. The maximum atomic E-state index is 13.5. The van der Waals surface area contributed by atoms with E-state index in [2.05, 4.69) is 5.32 Å². The average Bonchev–Trinajstić information content (AvgIpc) is 2.61. The summed E-state index contributed by atoms with van der Waals surface area (Å²) in [5.41, 5.74) is 1.25. The van der Waals surface area contributed by atoms with Crippen molar-refractivity contribution in [1.82, 2.24) is 0 Å². The zero-order chi connectivity index (χ0) is 19.1. The van der Waals surface area contributed by atoms with Crippen LogP contribution in [-0.4, -0.2) is 23.8 Å². The van der Waals surface area contributed by atoms with Gasteiger partial charge >= 0.3 is 5.97 Å². The van der Waals surface area contributed by atoms with E-state index in [1.807, 2.05) is 0 Å². The number of ketones is 1. The number of Topliss-reactive ketones (excluding diaryl/α,β-unsaturated/α-hetero) is 1. The molecule has 2 aromatic rings. The molecule has 1 atom stereocenters. The summed E-state index contributed by atoms with van der Waals surface area (Å²) in [4.78, 5) is 35.0. The largest absolute Gasteiger partial charge is 0.449 e. The first kappa shape index (κ1) is 19.1. The van der Waals surface area contributed by atoms with E-state index in [0.717, 1.165) is 6.08 Å². The molecule has 1 amide bonds. The lowest BCUT2D eigenvalue weighted by atomic mass is 10.1. The lowest BCUT2D eigenvalue weighted by Gasteiger charge is -2.12. The fourth-order valence-corrected chi connectivity index (χ4v) is 2.07. The molecule has 1 N–H and O–H groups in total. The fourth-order valence-electron chi connectivity index (χ4n) is 2.07. The second-order valence-electron chi connectivity index (χ2n) is 5.56. The first-order chi connectivity index (χ1) is 12.4. The lowest BCUT2D eigenvalue weighted by Crippen LogP contribution is -2.29. The normalized spacial score (nSPS) is 11.8. The molecule has 134 valence electrons. The fraction of sp³-hybridized carbons (Fsp3) is 0.150. The van der Waals surface area contributed by atoms with Crippen LogP contribution in [-0.2, 0) is 14.3 Å². The minimum Gasteiger partial charge on any atom is -0.449 e. The van der Waals surface area contributed by atoms with Crippen molar-refractivity contribution in [2.45, 2.75) is 20.0 Å². The second-order valence-corrected chi connectivity index (χ2v) is 5.56. The standard InChI is InChI=1S/C20H18FNO4/c1-13(23)15-7-10-17(11-8-15)22-20(25)14(2)26-19(24)12-9-16-5-3-4-6-18(16)21/h3-12,14H,1-2H3,(H,22,25)/b12-9+. The third-order valence-electron chi connectivity index (χ3n) is 3.53. The van der Waals surface area contributed by atoms with Crippen LogP contribution in [0.25, 0.3) is 6.08 Å². The Morgan fingerprint density at radius 2 is 1.73 bits per heavy atom. The topological polar surface area (TPSA) is 72.5 Å². The number of ether oxygens (including phenoxy) is 1. The van der Waals surface area contributed by atoms with Gasteiger partial charge in [0.25, 0.3) is 5.91 Å². The molecule has 0 aromatic heterocycles. The van der Waals surface area contributed by atoms with Crippen LogP contribution in [0.3, 0.4) is 0 Å². The van der Waals surface area contributed by atoms with E-state index in [4.69, 9.17) is 4.74 Å². The molecule has 2 rings (SSSR count). The van der Waals surface area contributed by atoms with E-state index in [1.165, 1.54) is 32.1 Å². The van der Waals surface area contributed by atoms with Gasteiger partial charge < -0.3 is 10.1 Å². The molecule has 0 saturated carbocycles. The molecule has 5 nitrogen and oxygen atoms in total. The number of amides is 1. The SMILES string of the molecule is CC(=O)c1ccc(NC(=O)C(C)OC(=O)/C=C/c2ccccc2F)cc1. The maximum absolute atomic E-state index is 13.5. The zero-order valence-electron chi connectivity index (χ0n) is 14.4. The van der Waals surface area contributed by atoms with Gasteiger partial charge in [0.15, 0.2) is 11.9 Å². The number of carbonyl (C=O) groups is 3. The predicted molar refractivity (Wildman–Crippen MR) is 96.1 cm³/mol. The van der Waals surface area contributed by atoms with Gasteiger partial charge in [-0.2, -0.15) is 0 Å². The quantitative estimate of drug-likeness (QED) is 0.488. The van der Waals surface area contributed by atoms with Crippen molar-refractivity contribution in [3.8, 4) is 0 Å². The molecule has 2 aromatic carbocycles. The van der Waals surface area contributed by atoms with Gasteiger partial charge in [-0.25, -0.2) is 9.18 Å². The van der Waals surface area contributed by atoms with Crippen LogP contribution in [0.1, 0.15) is 29.8 Å². The molecular formula is C20H18FNO4. The Labute approximate surface area is 150 Å². The first-order valence-electron chi connectivity index (χ1n) is 7.92. The van der Waals surface area contributed by atoms with Gasteiger partial charge in [-0.15, -0.1) is 0 Å². The Bertz CT molecular complexity index is 843. The highest BCUT2D eigenvalue weighted by Gasteiger charge is 2.16. The molecule has 0 heterocycles. The number of esters is 1. The number of anilines is 1. The highest BCUT2D eigenvalue weighted by atomic mass is 19.1. The first-order valence-corrected chi connectivity index (χ1v) is 7.92. The number of rotatable bonds is 6. The van der Waals surface area contributed by atoms with Crippen molar-refractivity contribution in [3.05, 3.63) is 71.6 Å². The number of carbonyl (C=O) groups excluding carboxylic acids is 3.